The third-order valence-electron chi connectivity index (χ3n) is 3.31. The summed E-state index contributed by atoms with van der Waals surface area (Å²) in [5, 5.41) is -1.11. The Morgan fingerprint density at radius 3 is 2.05 bits per heavy atom. The molecule has 2 aromatic carbocycles. The van der Waals surface area contributed by atoms with Crippen molar-refractivity contribution in [3.63, 3.8) is 0 Å². The molecule has 0 unspecified atom stereocenters. The summed E-state index contributed by atoms with van der Waals surface area (Å²) in [7, 11) is -3.67. The van der Waals surface area contributed by atoms with Gasteiger partial charge in [-0.05, 0) is 38.1 Å². The maximum Gasteiger partial charge on any atom is 0.188 e. The van der Waals surface area contributed by atoms with E-state index in [0.29, 0.717) is 5.56 Å². The molecule has 0 saturated carbocycles. The van der Waals surface area contributed by atoms with Crippen molar-refractivity contribution in [3.8, 4) is 0 Å². The quantitative estimate of drug-likeness (QED) is 0.773. The molecule has 0 saturated heterocycles. The summed E-state index contributed by atoms with van der Waals surface area (Å²) in [6.07, 6.45) is 0. The molecule has 0 amide bonds. The van der Waals surface area contributed by atoms with E-state index < -0.39 is 20.9 Å². The lowest BCUT2D eigenvalue weighted by atomic mass is 10.1. The first-order chi connectivity index (χ1) is 9.82. The Morgan fingerprint density at radius 1 is 1.00 bits per heavy atom. The molecule has 0 N–H and O–H groups in total. The number of rotatable bonds is 4. The lowest BCUT2D eigenvalue weighted by Crippen LogP contribution is -2.27. The number of halogens is 1. The second-order valence-corrected chi connectivity index (χ2v) is 8.06. The number of carbonyl (C=O) groups is 1. The number of hydrogen-bond acceptors (Lipinski definition) is 3. The van der Waals surface area contributed by atoms with Crippen LogP contribution < -0.4 is 0 Å². The molecule has 0 aliphatic carbocycles. The average molecular weight is 367 g/mol. The SMILES string of the molecule is Cc1ccc(S(=O)(=O)[C@@H](C)C(=O)c2ccc(Br)cc2)cc1. The molecule has 0 aliphatic rings. The molecule has 3 nitrogen and oxygen atoms in total. The Morgan fingerprint density at radius 2 is 1.52 bits per heavy atom. The molecule has 0 spiro atoms. The van der Waals surface area contributed by atoms with Gasteiger partial charge in [0.15, 0.2) is 15.6 Å². The maximum atomic E-state index is 12.5. The van der Waals surface area contributed by atoms with Gasteiger partial charge in [0.2, 0.25) is 0 Å². The number of hydrogen-bond donors (Lipinski definition) is 0. The first-order valence-corrected chi connectivity index (χ1v) is 8.76. The van der Waals surface area contributed by atoms with Gasteiger partial charge in [-0.15, -0.1) is 0 Å². The van der Waals surface area contributed by atoms with E-state index in [9.17, 15) is 13.2 Å². The van der Waals surface area contributed by atoms with Crippen molar-refractivity contribution in [2.75, 3.05) is 0 Å². The predicted molar refractivity (Wildman–Crippen MR) is 86.3 cm³/mol. The van der Waals surface area contributed by atoms with Gasteiger partial charge in [0.05, 0.1) is 4.90 Å². The van der Waals surface area contributed by atoms with Crippen LogP contribution in [0.1, 0.15) is 22.8 Å². The Bertz CT molecular complexity index is 747. The fourth-order valence-corrected chi connectivity index (χ4v) is 3.53. The van der Waals surface area contributed by atoms with Crippen molar-refractivity contribution in [2.45, 2.75) is 24.0 Å². The topological polar surface area (TPSA) is 51.2 Å². The summed E-state index contributed by atoms with van der Waals surface area (Å²) >= 11 is 3.29. The molecule has 21 heavy (non-hydrogen) atoms. The summed E-state index contributed by atoms with van der Waals surface area (Å²) in [4.78, 5) is 12.5. The minimum atomic E-state index is -3.67. The average Bonchev–Trinajstić information content (AvgIpc) is 2.47. The molecule has 0 aliphatic heterocycles. The van der Waals surface area contributed by atoms with Gasteiger partial charge in [0.1, 0.15) is 5.25 Å². The minimum absolute atomic E-state index is 0.172. The summed E-state index contributed by atoms with van der Waals surface area (Å²) in [6.45, 7) is 3.31. The van der Waals surface area contributed by atoms with Crippen molar-refractivity contribution < 1.29 is 13.2 Å². The summed E-state index contributed by atoms with van der Waals surface area (Å²) in [5.74, 6) is -0.400. The van der Waals surface area contributed by atoms with E-state index in [1.807, 2.05) is 6.92 Å². The lowest BCUT2D eigenvalue weighted by molar-refractivity contribution is 0.0991. The van der Waals surface area contributed by atoms with Gasteiger partial charge in [0.25, 0.3) is 0 Å². The van der Waals surface area contributed by atoms with Crippen LogP contribution in [0.3, 0.4) is 0 Å². The number of sulfone groups is 1. The van der Waals surface area contributed by atoms with Crippen molar-refractivity contribution in [1.82, 2.24) is 0 Å². The predicted octanol–water partition coefficient (Wildman–Crippen LogP) is 3.80. The van der Waals surface area contributed by atoms with Gasteiger partial charge >= 0.3 is 0 Å². The van der Waals surface area contributed by atoms with E-state index in [-0.39, 0.29) is 4.90 Å². The highest BCUT2D eigenvalue weighted by molar-refractivity contribution is 9.10. The fraction of sp³-hybridized carbons (Fsp3) is 0.188. The molecule has 0 radical (unpaired) electrons. The second-order valence-electron chi connectivity index (χ2n) is 4.87. The molecule has 5 heteroatoms. The monoisotopic (exact) mass is 366 g/mol. The highest BCUT2D eigenvalue weighted by atomic mass is 79.9. The Labute approximate surface area is 133 Å². The number of Topliss-reactive ketones (excluding diaryl/α,β-unsaturated/α-hetero) is 1. The number of benzene rings is 2. The molecule has 0 aromatic heterocycles. The molecule has 2 aromatic rings. The van der Waals surface area contributed by atoms with Crippen LogP contribution in [0.25, 0.3) is 0 Å². The molecular weight excluding hydrogens is 352 g/mol. The molecule has 0 bridgehead atoms. The van der Waals surface area contributed by atoms with Crippen LogP contribution >= 0.6 is 15.9 Å². The van der Waals surface area contributed by atoms with Crippen LogP contribution in [0.4, 0.5) is 0 Å². The lowest BCUT2D eigenvalue weighted by Gasteiger charge is -2.12. The molecule has 0 heterocycles. The Hall–Kier alpha value is -1.46. The number of carbonyl (C=O) groups excluding carboxylic acids is 1. The number of aryl methyl sites for hydroxylation is 1. The zero-order valence-corrected chi connectivity index (χ0v) is 14.1. The van der Waals surface area contributed by atoms with Gasteiger partial charge in [-0.2, -0.15) is 0 Å². The molecule has 2 rings (SSSR count). The van der Waals surface area contributed by atoms with Crippen molar-refractivity contribution in [1.29, 1.82) is 0 Å². The van der Waals surface area contributed by atoms with Crippen molar-refractivity contribution in [3.05, 3.63) is 64.1 Å². The van der Waals surface area contributed by atoms with Crippen LogP contribution in [0.5, 0.6) is 0 Å². The fourth-order valence-electron chi connectivity index (χ4n) is 1.92. The maximum absolute atomic E-state index is 12.5. The van der Waals surface area contributed by atoms with Gasteiger partial charge < -0.3 is 0 Å². The van der Waals surface area contributed by atoms with Crippen LogP contribution in [0.2, 0.25) is 0 Å². The van der Waals surface area contributed by atoms with E-state index in [1.165, 1.54) is 19.1 Å². The summed E-state index contributed by atoms with van der Waals surface area (Å²) < 4.78 is 25.8. The highest BCUT2D eigenvalue weighted by Crippen LogP contribution is 2.20. The van der Waals surface area contributed by atoms with Crippen LogP contribution in [0, 0.1) is 6.92 Å². The van der Waals surface area contributed by atoms with Crippen molar-refractivity contribution in [2.24, 2.45) is 0 Å². The highest BCUT2D eigenvalue weighted by Gasteiger charge is 2.30. The third-order valence-corrected chi connectivity index (χ3v) is 5.92. The minimum Gasteiger partial charge on any atom is -0.293 e. The standard InChI is InChI=1S/C16H15BrO3S/c1-11-3-9-15(10-4-11)21(19,20)12(2)16(18)13-5-7-14(17)8-6-13/h3-10,12H,1-2H3/t12-/m0/s1. The summed E-state index contributed by atoms with van der Waals surface area (Å²) in [5.41, 5.74) is 1.36. The van der Waals surface area contributed by atoms with E-state index in [4.69, 9.17) is 0 Å². The largest absolute Gasteiger partial charge is 0.293 e. The zero-order chi connectivity index (χ0) is 15.6. The first-order valence-electron chi connectivity index (χ1n) is 6.43. The third kappa shape index (κ3) is 3.41. The van der Waals surface area contributed by atoms with Gasteiger partial charge in [0, 0.05) is 10.0 Å². The van der Waals surface area contributed by atoms with Crippen LogP contribution in [0.15, 0.2) is 57.9 Å². The van der Waals surface area contributed by atoms with E-state index in [2.05, 4.69) is 15.9 Å². The first kappa shape index (κ1) is 15.9. The summed E-state index contributed by atoms with van der Waals surface area (Å²) in [6, 6.07) is 13.2. The Balaban J connectivity index is 2.33. The van der Waals surface area contributed by atoms with Crippen LogP contribution in [-0.4, -0.2) is 19.5 Å². The van der Waals surface area contributed by atoms with Gasteiger partial charge in [-0.25, -0.2) is 8.42 Å². The number of ketones is 1. The smallest absolute Gasteiger partial charge is 0.188 e. The van der Waals surface area contributed by atoms with E-state index in [1.54, 1.807) is 36.4 Å². The van der Waals surface area contributed by atoms with E-state index in [0.717, 1.165) is 10.0 Å². The Kier molecular flexibility index (Phi) is 4.64. The van der Waals surface area contributed by atoms with Gasteiger partial charge in [-0.1, -0.05) is 45.8 Å². The molecule has 0 fully saturated rings. The molecule has 1 atom stereocenters. The zero-order valence-electron chi connectivity index (χ0n) is 11.7. The molecular formula is C16H15BrO3S. The molecule has 110 valence electrons. The second kappa shape index (κ2) is 6.12. The van der Waals surface area contributed by atoms with Crippen molar-refractivity contribution >= 4 is 31.6 Å². The van der Waals surface area contributed by atoms with Crippen LogP contribution in [-0.2, 0) is 9.84 Å². The van der Waals surface area contributed by atoms with Gasteiger partial charge in [-0.3, -0.25) is 4.79 Å². The van der Waals surface area contributed by atoms with E-state index >= 15 is 0 Å². The normalized spacial score (nSPS) is 12.9.